The first-order chi connectivity index (χ1) is 12.2. The molecule has 2 atom stereocenters. The highest BCUT2D eigenvalue weighted by Gasteiger charge is 2.57. The number of carbonyl (C=O) groups is 2. The van der Waals surface area contributed by atoms with E-state index in [-0.39, 0.29) is 11.8 Å². The highest BCUT2D eigenvalue weighted by atomic mass is 16.5. The summed E-state index contributed by atoms with van der Waals surface area (Å²) < 4.78 is 4.69. The molecule has 6 heteroatoms. The van der Waals surface area contributed by atoms with Crippen molar-refractivity contribution in [1.82, 2.24) is 9.80 Å². The number of hydrogen-bond acceptors (Lipinski definition) is 4. The van der Waals surface area contributed by atoms with Crippen LogP contribution in [0.3, 0.4) is 0 Å². The lowest BCUT2D eigenvalue weighted by Crippen LogP contribution is -2.44. The van der Waals surface area contributed by atoms with Crippen LogP contribution in [-0.4, -0.2) is 40.8 Å². The number of methoxy groups -OCH3 is 1. The average molecular weight is 337 g/mol. The minimum atomic E-state index is -0.943. The van der Waals surface area contributed by atoms with E-state index in [1.807, 2.05) is 35.2 Å². The third-order valence-electron chi connectivity index (χ3n) is 5.05. The maximum absolute atomic E-state index is 13.2. The Morgan fingerprint density at radius 1 is 1.36 bits per heavy atom. The number of likely N-dealkylation sites (tertiary alicyclic amines) is 1. The summed E-state index contributed by atoms with van der Waals surface area (Å²) in [5.41, 5.74) is 1.18. The first kappa shape index (κ1) is 15.6. The van der Waals surface area contributed by atoms with Gasteiger partial charge in [-0.1, -0.05) is 36.4 Å². The number of ether oxygens (including phenoxy) is 1. The summed E-state index contributed by atoms with van der Waals surface area (Å²) in [7, 11) is 1.31. The van der Waals surface area contributed by atoms with E-state index in [4.69, 9.17) is 4.74 Å². The molecule has 2 aliphatic heterocycles. The van der Waals surface area contributed by atoms with Gasteiger partial charge in [0, 0.05) is 17.8 Å². The Morgan fingerprint density at radius 2 is 2.16 bits per heavy atom. The van der Waals surface area contributed by atoms with Crippen LogP contribution >= 0.6 is 0 Å². The molecule has 1 aliphatic carbocycles. The fourth-order valence-corrected chi connectivity index (χ4v) is 3.82. The third-order valence-corrected chi connectivity index (χ3v) is 5.05. The molecule has 3 aliphatic rings. The van der Waals surface area contributed by atoms with Crippen LogP contribution < -0.4 is 0 Å². The number of aliphatic imine (C=N–C) groups is 1. The molecule has 25 heavy (non-hydrogen) atoms. The number of nitrogens with zero attached hydrogens (tertiary/aromatic N) is 3. The molecule has 1 aromatic carbocycles. The zero-order valence-electron chi connectivity index (χ0n) is 14.0. The molecule has 0 radical (unpaired) electrons. The van der Waals surface area contributed by atoms with E-state index in [2.05, 4.69) is 11.1 Å². The van der Waals surface area contributed by atoms with E-state index in [9.17, 15) is 9.59 Å². The Kier molecular flexibility index (Phi) is 3.67. The number of benzene rings is 1. The molecule has 1 saturated heterocycles. The number of allylic oxidation sites excluding steroid dienone is 1. The molecule has 2 amide bonds. The van der Waals surface area contributed by atoms with Crippen LogP contribution in [0.5, 0.6) is 0 Å². The predicted octanol–water partition coefficient (Wildman–Crippen LogP) is 2.69. The highest BCUT2D eigenvalue weighted by molar-refractivity contribution is 5.98. The summed E-state index contributed by atoms with van der Waals surface area (Å²) in [5.74, 6) is -0.0136. The van der Waals surface area contributed by atoms with E-state index in [1.165, 1.54) is 18.3 Å². The summed E-state index contributed by atoms with van der Waals surface area (Å²) in [6.07, 6.45) is 8.14. The first-order valence-electron chi connectivity index (χ1n) is 8.32. The SMILES string of the molecule is COC(=O)N1C=CC2(N=C1)C(=O)N(Cc1ccccc1)C1=CCCC12. The van der Waals surface area contributed by atoms with Crippen molar-refractivity contribution in [1.29, 1.82) is 0 Å². The van der Waals surface area contributed by atoms with Gasteiger partial charge in [-0.2, -0.15) is 0 Å². The largest absolute Gasteiger partial charge is 0.452 e. The Bertz CT molecular complexity index is 783. The molecule has 0 N–H and O–H groups in total. The topological polar surface area (TPSA) is 62.2 Å². The van der Waals surface area contributed by atoms with Gasteiger partial charge < -0.3 is 9.64 Å². The zero-order chi connectivity index (χ0) is 17.4. The lowest BCUT2D eigenvalue weighted by molar-refractivity contribution is -0.130. The van der Waals surface area contributed by atoms with Gasteiger partial charge in [0.05, 0.1) is 13.7 Å². The van der Waals surface area contributed by atoms with Crippen molar-refractivity contribution in [3.8, 4) is 0 Å². The molecule has 1 aromatic rings. The van der Waals surface area contributed by atoms with Crippen molar-refractivity contribution in [2.24, 2.45) is 10.9 Å². The maximum atomic E-state index is 13.2. The van der Waals surface area contributed by atoms with Gasteiger partial charge in [0.1, 0.15) is 6.34 Å². The summed E-state index contributed by atoms with van der Waals surface area (Å²) >= 11 is 0. The van der Waals surface area contributed by atoms with Crippen molar-refractivity contribution in [2.45, 2.75) is 24.9 Å². The molecule has 1 fully saturated rings. The highest BCUT2D eigenvalue weighted by Crippen LogP contribution is 2.48. The summed E-state index contributed by atoms with van der Waals surface area (Å²) in [4.78, 5) is 32.5. The number of carbonyl (C=O) groups excluding carboxylic acids is 2. The second-order valence-electron chi connectivity index (χ2n) is 6.40. The molecular weight excluding hydrogens is 318 g/mol. The Balaban J connectivity index is 1.65. The van der Waals surface area contributed by atoms with E-state index >= 15 is 0 Å². The third kappa shape index (κ3) is 2.36. The van der Waals surface area contributed by atoms with Gasteiger partial charge in [-0.15, -0.1) is 0 Å². The average Bonchev–Trinajstić information content (AvgIpc) is 3.22. The van der Waals surface area contributed by atoms with Crippen LogP contribution in [0.2, 0.25) is 0 Å². The fraction of sp³-hybridized carbons (Fsp3) is 0.316. The monoisotopic (exact) mass is 337 g/mol. The van der Waals surface area contributed by atoms with E-state index < -0.39 is 11.6 Å². The summed E-state index contributed by atoms with van der Waals surface area (Å²) in [6.45, 7) is 0.536. The Labute approximate surface area is 146 Å². The number of amides is 2. The molecule has 0 bridgehead atoms. The van der Waals surface area contributed by atoms with Crippen LogP contribution in [0.4, 0.5) is 4.79 Å². The standard InChI is InChI=1S/C19H19N3O3/c1-25-18(24)21-11-10-19(20-13-21)15-8-5-9-16(15)22(17(19)23)12-14-6-3-2-4-7-14/h2-4,6-7,9-11,13,15H,5,8,12H2,1H3. The predicted molar refractivity (Wildman–Crippen MR) is 92.4 cm³/mol. The molecule has 6 nitrogen and oxygen atoms in total. The number of hydrogen-bond donors (Lipinski definition) is 0. The van der Waals surface area contributed by atoms with Gasteiger partial charge in [0.2, 0.25) is 0 Å². The van der Waals surface area contributed by atoms with Crippen LogP contribution in [-0.2, 0) is 16.1 Å². The normalized spacial score (nSPS) is 27.0. The Hall–Kier alpha value is -2.89. The van der Waals surface area contributed by atoms with E-state index in [1.54, 1.807) is 12.3 Å². The van der Waals surface area contributed by atoms with Crippen molar-refractivity contribution >= 4 is 18.3 Å². The fourth-order valence-electron chi connectivity index (χ4n) is 3.82. The van der Waals surface area contributed by atoms with Crippen molar-refractivity contribution in [3.05, 3.63) is 59.9 Å². The van der Waals surface area contributed by atoms with Crippen molar-refractivity contribution in [2.75, 3.05) is 7.11 Å². The quantitative estimate of drug-likeness (QED) is 0.833. The van der Waals surface area contributed by atoms with Crippen LogP contribution in [0.25, 0.3) is 0 Å². The van der Waals surface area contributed by atoms with Crippen LogP contribution in [0.1, 0.15) is 18.4 Å². The van der Waals surface area contributed by atoms with Gasteiger partial charge in [0.25, 0.3) is 5.91 Å². The molecule has 2 unspecified atom stereocenters. The minimum Gasteiger partial charge on any atom is -0.452 e. The maximum Gasteiger partial charge on any atom is 0.418 e. The van der Waals surface area contributed by atoms with Gasteiger partial charge >= 0.3 is 6.09 Å². The van der Waals surface area contributed by atoms with Crippen molar-refractivity contribution in [3.63, 3.8) is 0 Å². The smallest absolute Gasteiger partial charge is 0.418 e. The molecule has 0 saturated carbocycles. The summed E-state index contributed by atoms with van der Waals surface area (Å²) in [5, 5.41) is 0. The lowest BCUT2D eigenvalue weighted by Gasteiger charge is -2.28. The number of rotatable bonds is 2. The first-order valence-corrected chi connectivity index (χ1v) is 8.32. The molecule has 2 heterocycles. The molecule has 0 aromatic heterocycles. The second kappa shape index (κ2) is 5.88. The molecule has 128 valence electrons. The van der Waals surface area contributed by atoms with E-state index in [0.717, 1.165) is 24.1 Å². The second-order valence-corrected chi connectivity index (χ2v) is 6.40. The zero-order valence-corrected chi connectivity index (χ0v) is 14.0. The van der Waals surface area contributed by atoms with Gasteiger partial charge in [-0.25, -0.2) is 9.69 Å². The van der Waals surface area contributed by atoms with Crippen LogP contribution in [0, 0.1) is 5.92 Å². The summed E-state index contributed by atoms with van der Waals surface area (Å²) in [6, 6.07) is 9.94. The van der Waals surface area contributed by atoms with E-state index in [0.29, 0.717) is 6.54 Å². The van der Waals surface area contributed by atoms with Crippen molar-refractivity contribution < 1.29 is 14.3 Å². The molecule has 1 spiro atoms. The van der Waals surface area contributed by atoms with Crippen LogP contribution in [0.15, 0.2) is 59.4 Å². The molecular formula is C19H19N3O3. The van der Waals surface area contributed by atoms with Gasteiger partial charge in [0.15, 0.2) is 5.54 Å². The van der Waals surface area contributed by atoms with Gasteiger partial charge in [-0.3, -0.25) is 9.79 Å². The minimum absolute atomic E-state index is 0.0241. The van der Waals surface area contributed by atoms with Gasteiger partial charge in [-0.05, 0) is 24.5 Å². The lowest BCUT2D eigenvalue weighted by atomic mass is 9.84. The number of fused-ring (bicyclic) bond motifs is 2. The Morgan fingerprint density at radius 3 is 2.84 bits per heavy atom. The molecule has 4 rings (SSSR count).